The summed E-state index contributed by atoms with van der Waals surface area (Å²) in [7, 11) is 1.77. The fraction of sp³-hybridized carbons (Fsp3) is 0.526. The van der Waals surface area contributed by atoms with E-state index in [0.717, 1.165) is 30.3 Å². The van der Waals surface area contributed by atoms with E-state index in [2.05, 4.69) is 22.9 Å². The highest BCUT2D eigenvalue weighted by molar-refractivity contribution is 5.83. The molecule has 0 spiro atoms. The molecule has 2 N–H and O–H groups in total. The highest BCUT2D eigenvalue weighted by atomic mass is 16.2. The number of carbonyl (C=O) groups is 1. The highest BCUT2D eigenvalue weighted by Crippen LogP contribution is 2.13. The SMILES string of the molecule is CCCC1CC(CN(C)C(=O)Cn2nc(C)c3ccccc3c2=O)NN1. The molecular formula is C19H27N5O2. The molecule has 1 aliphatic heterocycles. The zero-order valence-corrected chi connectivity index (χ0v) is 15.7. The first-order valence-electron chi connectivity index (χ1n) is 9.21. The van der Waals surface area contributed by atoms with Gasteiger partial charge in [0.15, 0.2) is 0 Å². The number of nitrogens with zero attached hydrogens (tertiary/aromatic N) is 3. The average molecular weight is 357 g/mol. The van der Waals surface area contributed by atoms with Gasteiger partial charge in [0.25, 0.3) is 5.56 Å². The molecule has 2 heterocycles. The smallest absolute Gasteiger partial charge is 0.275 e. The van der Waals surface area contributed by atoms with Crippen molar-refractivity contribution in [3.63, 3.8) is 0 Å². The van der Waals surface area contributed by atoms with E-state index < -0.39 is 0 Å². The molecule has 7 heteroatoms. The maximum Gasteiger partial charge on any atom is 0.275 e. The molecule has 0 saturated carbocycles. The second-order valence-electron chi connectivity index (χ2n) is 7.07. The van der Waals surface area contributed by atoms with Crippen LogP contribution in [-0.2, 0) is 11.3 Å². The molecule has 2 aromatic rings. The minimum atomic E-state index is -0.225. The Kier molecular flexibility index (Phi) is 5.68. The first-order chi connectivity index (χ1) is 12.5. The zero-order chi connectivity index (χ0) is 18.7. The predicted octanol–water partition coefficient (Wildman–Crippen LogP) is 1.20. The Morgan fingerprint density at radius 3 is 2.69 bits per heavy atom. The number of rotatable bonds is 6. The third-order valence-electron chi connectivity index (χ3n) is 4.96. The number of hydrazine groups is 1. The summed E-state index contributed by atoms with van der Waals surface area (Å²) < 4.78 is 1.27. The van der Waals surface area contributed by atoms with Crippen molar-refractivity contribution in [2.24, 2.45) is 0 Å². The first-order valence-corrected chi connectivity index (χ1v) is 9.21. The van der Waals surface area contributed by atoms with E-state index in [4.69, 9.17) is 0 Å². The molecule has 1 aromatic heterocycles. The lowest BCUT2D eigenvalue weighted by molar-refractivity contribution is -0.131. The van der Waals surface area contributed by atoms with Crippen LogP contribution < -0.4 is 16.4 Å². The topological polar surface area (TPSA) is 79.3 Å². The minimum Gasteiger partial charge on any atom is -0.343 e. The Morgan fingerprint density at radius 1 is 1.27 bits per heavy atom. The number of fused-ring (bicyclic) bond motifs is 1. The predicted molar refractivity (Wildman–Crippen MR) is 102 cm³/mol. The van der Waals surface area contributed by atoms with E-state index in [1.807, 2.05) is 25.1 Å². The molecule has 1 aliphatic rings. The van der Waals surface area contributed by atoms with Crippen LogP contribution in [0.15, 0.2) is 29.1 Å². The molecule has 3 rings (SSSR count). The Bertz CT molecular complexity index is 847. The van der Waals surface area contributed by atoms with Gasteiger partial charge in [0.1, 0.15) is 6.54 Å². The fourth-order valence-electron chi connectivity index (χ4n) is 3.55. The molecule has 1 amide bonds. The summed E-state index contributed by atoms with van der Waals surface area (Å²) >= 11 is 0. The van der Waals surface area contributed by atoms with Crippen molar-refractivity contribution < 1.29 is 4.79 Å². The van der Waals surface area contributed by atoms with E-state index in [1.165, 1.54) is 4.68 Å². The van der Waals surface area contributed by atoms with E-state index >= 15 is 0 Å². The number of aromatic nitrogens is 2. The zero-order valence-electron chi connectivity index (χ0n) is 15.7. The van der Waals surface area contributed by atoms with Crippen molar-refractivity contribution in [2.45, 2.75) is 51.7 Å². The average Bonchev–Trinajstić information content (AvgIpc) is 3.06. The summed E-state index contributed by atoms with van der Waals surface area (Å²) in [5.41, 5.74) is 7.06. The van der Waals surface area contributed by atoms with Crippen LogP contribution >= 0.6 is 0 Å². The third-order valence-corrected chi connectivity index (χ3v) is 4.96. The van der Waals surface area contributed by atoms with E-state index in [1.54, 1.807) is 18.0 Å². The number of amides is 1. The van der Waals surface area contributed by atoms with Gasteiger partial charge in [0, 0.05) is 31.1 Å². The van der Waals surface area contributed by atoms with Gasteiger partial charge in [0.05, 0.1) is 11.1 Å². The van der Waals surface area contributed by atoms with Gasteiger partial charge in [-0.05, 0) is 25.8 Å². The second kappa shape index (κ2) is 7.97. The molecule has 0 bridgehead atoms. The molecule has 26 heavy (non-hydrogen) atoms. The van der Waals surface area contributed by atoms with E-state index in [9.17, 15) is 9.59 Å². The third kappa shape index (κ3) is 3.94. The first kappa shape index (κ1) is 18.5. The van der Waals surface area contributed by atoms with Gasteiger partial charge in [-0.25, -0.2) is 4.68 Å². The molecular weight excluding hydrogens is 330 g/mol. The highest BCUT2D eigenvalue weighted by Gasteiger charge is 2.25. The van der Waals surface area contributed by atoms with Crippen molar-refractivity contribution in [2.75, 3.05) is 13.6 Å². The van der Waals surface area contributed by atoms with Crippen LogP contribution in [0, 0.1) is 6.92 Å². The van der Waals surface area contributed by atoms with Crippen LogP contribution in [0.5, 0.6) is 0 Å². The normalized spacial score (nSPS) is 19.8. The summed E-state index contributed by atoms with van der Waals surface area (Å²) in [6, 6.07) is 8.05. The monoisotopic (exact) mass is 357 g/mol. The summed E-state index contributed by atoms with van der Waals surface area (Å²) in [4.78, 5) is 26.9. The number of hydrogen-bond donors (Lipinski definition) is 2. The number of nitrogens with one attached hydrogen (secondary N) is 2. The standard InChI is InChI=1S/C19H27N5O2/c1-4-7-14-10-15(21-20-14)11-23(3)18(25)12-24-19(26)17-9-6-5-8-16(17)13(2)22-24/h5-6,8-9,14-15,20-21H,4,7,10-12H2,1-3H3. The van der Waals surface area contributed by atoms with Crippen molar-refractivity contribution >= 4 is 16.7 Å². The van der Waals surface area contributed by atoms with Gasteiger partial charge in [-0.1, -0.05) is 31.5 Å². The number of aryl methyl sites for hydroxylation is 1. The maximum atomic E-state index is 12.6. The maximum absolute atomic E-state index is 12.6. The molecule has 1 saturated heterocycles. The minimum absolute atomic E-state index is 0.0421. The van der Waals surface area contributed by atoms with Gasteiger partial charge in [-0.2, -0.15) is 5.10 Å². The van der Waals surface area contributed by atoms with Crippen LogP contribution in [0.4, 0.5) is 0 Å². The summed E-state index contributed by atoms with van der Waals surface area (Å²) in [6.07, 6.45) is 3.26. The number of likely N-dealkylation sites (N-methyl/N-ethyl adjacent to an activating group) is 1. The van der Waals surface area contributed by atoms with Gasteiger partial charge >= 0.3 is 0 Å². The van der Waals surface area contributed by atoms with Gasteiger partial charge in [-0.3, -0.25) is 20.4 Å². The lowest BCUT2D eigenvalue weighted by Crippen LogP contribution is -2.43. The van der Waals surface area contributed by atoms with Crippen molar-refractivity contribution in [1.29, 1.82) is 0 Å². The number of benzene rings is 1. The summed E-state index contributed by atoms with van der Waals surface area (Å²) in [5, 5.41) is 5.75. The lowest BCUT2D eigenvalue weighted by Gasteiger charge is -2.21. The molecule has 0 radical (unpaired) electrons. The van der Waals surface area contributed by atoms with Crippen LogP contribution in [0.2, 0.25) is 0 Å². The molecule has 140 valence electrons. The molecule has 2 unspecified atom stereocenters. The fourth-order valence-corrected chi connectivity index (χ4v) is 3.55. The lowest BCUT2D eigenvalue weighted by atomic mass is 10.1. The Labute approximate surface area is 153 Å². The molecule has 1 fully saturated rings. The van der Waals surface area contributed by atoms with Crippen LogP contribution in [0.3, 0.4) is 0 Å². The largest absolute Gasteiger partial charge is 0.343 e. The number of carbonyl (C=O) groups excluding carboxylic acids is 1. The van der Waals surface area contributed by atoms with E-state index in [-0.39, 0.29) is 24.1 Å². The van der Waals surface area contributed by atoms with E-state index in [0.29, 0.717) is 18.0 Å². The molecule has 1 aromatic carbocycles. The Morgan fingerprint density at radius 2 is 1.96 bits per heavy atom. The molecule has 7 nitrogen and oxygen atoms in total. The summed E-state index contributed by atoms with van der Waals surface area (Å²) in [6.45, 7) is 4.59. The van der Waals surface area contributed by atoms with Crippen LogP contribution in [0.1, 0.15) is 31.9 Å². The Hall–Kier alpha value is -2.25. The Balaban J connectivity index is 1.67. The number of hydrogen-bond acceptors (Lipinski definition) is 5. The summed E-state index contributed by atoms with van der Waals surface area (Å²) in [5.74, 6) is -0.116. The van der Waals surface area contributed by atoms with Gasteiger partial charge in [0.2, 0.25) is 5.91 Å². The van der Waals surface area contributed by atoms with Gasteiger partial charge < -0.3 is 4.90 Å². The van der Waals surface area contributed by atoms with Gasteiger partial charge in [-0.15, -0.1) is 0 Å². The van der Waals surface area contributed by atoms with Crippen molar-refractivity contribution in [1.82, 2.24) is 25.5 Å². The van der Waals surface area contributed by atoms with Crippen molar-refractivity contribution in [3.05, 3.63) is 40.3 Å². The van der Waals surface area contributed by atoms with Crippen LogP contribution in [-0.4, -0.2) is 46.3 Å². The quantitative estimate of drug-likeness (QED) is 0.812. The molecule has 2 atom stereocenters. The second-order valence-corrected chi connectivity index (χ2v) is 7.07. The van der Waals surface area contributed by atoms with Crippen molar-refractivity contribution in [3.8, 4) is 0 Å². The molecule has 0 aliphatic carbocycles. The van der Waals surface area contributed by atoms with Crippen LogP contribution in [0.25, 0.3) is 10.8 Å².